The Hall–Kier alpha value is -3.12. The van der Waals surface area contributed by atoms with E-state index in [0.29, 0.717) is 24.0 Å². The van der Waals surface area contributed by atoms with Crippen LogP contribution in [0.15, 0.2) is 59.4 Å². The third-order valence-corrected chi connectivity index (χ3v) is 5.32. The summed E-state index contributed by atoms with van der Waals surface area (Å²) in [5, 5.41) is 14.0. The molecule has 29 heavy (non-hydrogen) atoms. The monoisotopic (exact) mass is 394 g/mol. The highest BCUT2D eigenvalue weighted by molar-refractivity contribution is 6.02. The molecule has 0 radical (unpaired) electrons. The molecular formula is C23H28N3O3+. The molecule has 0 atom stereocenters. The van der Waals surface area contributed by atoms with Gasteiger partial charge in [0, 0.05) is 5.39 Å². The zero-order valence-electron chi connectivity index (χ0n) is 16.9. The van der Waals surface area contributed by atoms with Crippen molar-refractivity contribution >= 4 is 16.8 Å². The van der Waals surface area contributed by atoms with Crippen LogP contribution in [0, 0.1) is 0 Å². The van der Waals surface area contributed by atoms with Crippen LogP contribution in [0.25, 0.3) is 10.9 Å². The van der Waals surface area contributed by atoms with Crippen LogP contribution in [0.3, 0.4) is 0 Å². The van der Waals surface area contributed by atoms with E-state index in [2.05, 4.69) is 19.2 Å². The molecule has 1 heterocycles. The summed E-state index contributed by atoms with van der Waals surface area (Å²) in [4.78, 5) is 27.4. The second kappa shape index (κ2) is 9.39. The van der Waals surface area contributed by atoms with E-state index in [0.717, 1.165) is 25.2 Å². The van der Waals surface area contributed by atoms with Gasteiger partial charge in [0.2, 0.25) is 0 Å². The number of nitrogens with one attached hydrogen (secondary N) is 2. The molecule has 3 N–H and O–H groups in total. The summed E-state index contributed by atoms with van der Waals surface area (Å²) in [7, 11) is 0. The van der Waals surface area contributed by atoms with Gasteiger partial charge in [-0.25, -0.2) is 0 Å². The normalized spacial score (nSPS) is 11.1. The fourth-order valence-electron chi connectivity index (χ4n) is 3.56. The molecule has 3 rings (SSSR count). The number of quaternary nitrogens is 1. The van der Waals surface area contributed by atoms with Crippen molar-refractivity contribution in [3.8, 4) is 5.75 Å². The van der Waals surface area contributed by atoms with Crippen LogP contribution < -0.4 is 15.8 Å². The van der Waals surface area contributed by atoms with Gasteiger partial charge in [0.05, 0.1) is 38.2 Å². The molecule has 0 aliphatic carbocycles. The number of nitrogens with zero attached hydrogens (tertiary/aromatic N) is 1. The largest absolute Gasteiger partial charge is 0.506 e. The smallest absolute Gasteiger partial charge is 0.268 e. The summed E-state index contributed by atoms with van der Waals surface area (Å²) in [5.41, 5.74) is 0.858. The number of pyridine rings is 1. The molecule has 0 aliphatic heterocycles. The second-order valence-corrected chi connectivity index (χ2v) is 7.08. The number of carbonyl (C=O) groups is 1. The quantitative estimate of drug-likeness (QED) is 0.541. The van der Waals surface area contributed by atoms with Gasteiger partial charge in [-0.2, -0.15) is 0 Å². The van der Waals surface area contributed by atoms with E-state index < -0.39 is 11.5 Å². The Bertz CT molecular complexity index is 1040. The average molecular weight is 394 g/mol. The number of aromatic nitrogens is 1. The van der Waals surface area contributed by atoms with E-state index in [1.165, 1.54) is 4.90 Å². The molecule has 6 nitrogen and oxygen atoms in total. The first-order chi connectivity index (χ1) is 14.1. The van der Waals surface area contributed by atoms with Gasteiger partial charge in [0.25, 0.3) is 11.5 Å². The lowest BCUT2D eigenvalue weighted by atomic mass is 10.1. The van der Waals surface area contributed by atoms with Crippen molar-refractivity contribution in [3.05, 3.63) is 76.1 Å². The lowest BCUT2D eigenvalue weighted by Crippen LogP contribution is -3.12. The van der Waals surface area contributed by atoms with Crippen LogP contribution in [0.4, 0.5) is 0 Å². The van der Waals surface area contributed by atoms with Gasteiger partial charge in [-0.15, -0.1) is 0 Å². The topological polar surface area (TPSA) is 75.8 Å². The predicted molar refractivity (Wildman–Crippen MR) is 115 cm³/mol. The fourth-order valence-corrected chi connectivity index (χ4v) is 3.56. The molecule has 2 aromatic carbocycles. The predicted octanol–water partition coefficient (Wildman–Crippen LogP) is 1.41. The summed E-state index contributed by atoms with van der Waals surface area (Å²) in [6.45, 7) is 7.67. The minimum absolute atomic E-state index is 0.200. The zero-order chi connectivity index (χ0) is 20.8. The zero-order valence-corrected chi connectivity index (χ0v) is 16.9. The highest BCUT2D eigenvalue weighted by Gasteiger charge is 2.22. The molecule has 1 amide bonds. The minimum atomic E-state index is -0.536. The first kappa shape index (κ1) is 20.6. The van der Waals surface area contributed by atoms with Crippen molar-refractivity contribution in [3.63, 3.8) is 0 Å². The summed E-state index contributed by atoms with van der Waals surface area (Å²) in [6.07, 6.45) is 0. The lowest BCUT2D eigenvalue weighted by molar-refractivity contribution is -0.895. The summed E-state index contributed by atoms with van der Waals surface area (Å²) < 4.78 is 1.55. The molecule has 6 heteroatoms. The second-order valence-electron chi connectivity index (χ2n) is 7.08. The maximum Gasteiger partial charge on any atom is 0.268 e. The SMILES string of the molecule is CC[NH+](CC)CCNC(=O)c1c(O)c2ccccc2n(Cc2ccccc2)c1=O. The Labute approximate surface area is 170 Å². The van der Waals surface area contributed by atoms with Crippen LogP contribution in [0.1, 0.15) is 29.8 Å². The van der Waals surface area contributed by atoms with Crippen LogP contribution >= 0.6 is 0 Å². The van der Waals surface area contributed by atoms with Gasteiger partial charge in [0.15, 0.2) is 0 Å². The van der Waals surface area contributed by atoms with E-state index in [-0.39, 0.29) is 11.3 Å². The minimum Gasteiger partial charge on any atom is -0.506 e. The number of amides is 1. The van der Waals surface area contributed by atoms with Crippen molar-refractivity contribution < 1.29 is 14.8 Å². The Morgan fingerprint density at radius 3 is 2.38 bits per heavy atom. The summed E-state index contributed by atoms with van der Waals surface area (Å²) >= 11 is 0. The van der Waals surface area contributed by atoms with E-state index in [1.54, 1.807) is 22.8 Å². The molecule has 0 unspecified atom stereocenters. The molecule has 3 aromatic rings. The Morgan fingerprint density at radius 2 is 1.69 bits per heavy atom. The molecule has 152 valence electrons. The van der Waals surface area contributed by atoms with Gasteiger partial charge in [-0.1, -0.05) is 42.5 Å². The van der Waals surface area contributed by atoms with Crippen molar-refractivity contribution in [2.24, 2.45) is 0 Å². The molecule has 0 saturated heterocycles. The van der Waals surface area contributed by atoms with Crippen LogP contribution in [-0.2, 0) is 6.54 Å². The van der Waals surface area contributed by atoms with E-state index in [4.69, 9.17) is 0 Å². The first-order valence-electron chi connectivity index (χ1n) is 10.1. The summed E-state index contributed by atoms with van der Waals surface area (Å²) in [6, 6.07) is 16.7. The van der Waals surface area contributed by atoms with E-state index in [9.17, 15) is 14.7 Å². The maximum absolute atomic E-state index is 13.2. The number of benzene rings is 2. The number of rotatable bonds is 8. The number of fused-ring (bicyclic) bond motifs is 1. The van der Waals surface area contributed by atoms with Crippen molar-refractivity contribution in [2.75, 3.05) is 26.2 Å². The number of hydrogen-bond acceptors (Lipinski definition) is 3. The molecule has 0 aliphatic rings. The van der Waals surface area contributed by atoms with E-state index in [1.807, 2.05) is 36.4 Å². The molecule has 0 bridgehead atoms. The molecule has 0 spiro atoms. The Morgan fingerprint density at radius 1 is 1.03 bits per heavy atom. The van der Waals surface area contributed by atoms with Gasteiger partial charge >= 0.3 is 0 Å². The molecular weight excluding hydrogens is 366 g/mol. The Balaban J connectivity index is 1.99. The van der Waals surface area contributed by atoms with Crippen LogP contribution in [-0.4, -0.2) is 41.8 Å². The first-order valence-corrected chi connectivity index (χ1v) is 10.1. The number of carbonyl (C=O) groups excluding carboxylic acids is 1. The fraction of sp³-hybridized carbons (Fsp3) is 0.304. The molecule has 1 aromatic heterocycles. The number of hydrogen-bond donors (Lipinski definition) is 3. The van der Waals surface area contributed by atoms with Crippen molar-refractivity contribution in [1.29, 1.82) is 0 Å². The highest BCUT2D eigenvalue weighted by atomic mass is 16.3. The number of likely N-dealkylation sites (N-methyl/N-ethyl adjacent to an activating group) is 1. The molecule has 0 fully saturated rings. The third-order valence-electron chi connectivity index (χ3n) is 5.32. The highest BCUT2D eigenvalue weighted by Crippen LogP contribution is 2.26. The van der Waals surface area contributed by atoms with Crippen molar-refractivity contribution in [2.45, 2.75) is 20.4 Å². The van der Waals surface area contributed by atoms with Gasteiger partial charge in [-0.05, 0) is 31.5 Å². The Kier molecular flexibility index (Phi) is 6.67. The van der Waals surface area contributed by atoms with Gasteiger partial charge in [-0.3, -0.25) is 9.59 Å². The standard InChI is InChI=1S/C23H27N3O3/c1-3-25(4-2)15-14-24-22(28)20-21(27)18-12-8-9-13-19(18)26(23(20)29)16-17-10-6-5-7-11-17/h5-13,27H,3-4,14-16H2,1-2H3,(H,24,28)/p+1. The van der Waals surface area contributed by atoms with Gasteiger partial charge < -0.3 is 19.9 Å². The third kappa shape index (κ3) is 4.49. The van der Waals surface area contributed by atoms with Crippen LogP contribution in [0.2, 0.25) is 0 Å². The summed E-state index contributed by atoms with van der Waals surface area (Å²) in [5.74, 6) is -0.797. The number of para-hydroxylation sites is 1. The maximum atomic E-state index is 13.2. The number of aromatic hydroxyl groups is 1. The van der Waals surface area contributed by atoms with Gasteiger partial charge in [0.1, 0.15) is 11.3 Å². The molecule has 0 saturated carbocycles. The lowest BCUT2D eigenvalue weighted by Gasteiger charge is -2.17. The average Bonchev–Trinajstić information content (AvgIpc) is 2.75. The van der Waals surface area contributed by atoms with Crippen molar-refractivity contribution in [1.82, 2.24) is 9.88 Å². The van der Waals surface area contributed by atoms with E-state index >= 15 is 0 Å². The van der Waals surface area contributed by atoms with Crippen LogP contribution in [0.5, 0.6) is 5.75 Å².